The lowest BCUT2D eigenvalue weighted by atomic mass is 10.0. The minimum Gasteiger partial charge on any atom is -0.624 e. The third-order valence-corrected chi connectivity index (χ3v) is 3.96. The van der Waals surface area contributed by atoms with E-state index in [9.17, 15) is 5.21 Å². The molecule has 0 aromatic rings. The average molecular weight is 284 g/mol. The van der Waals surface area contributed by atoms with Crippen LogP contribution >= 0.6 is 0 Å². The van der Waals surface area contributed by atoms with E-state index in [1.807, 2.05) is 6.21 Å². The Bertz CT molecular complexity index is 238. The van der Waals surface area contributed by atoms with Crippen LogP contribution in [0.3, 0.4) is 0 Å². The van der Waals surface area contributed by atoms with Crippen LogP contribution in [0.25, 0.3) is 0 Å². The van der Waals surface area contributed by atoms with Gasteiger partial charge in [-0.2, -0.15) is 0 Å². The Morgan fingerprint density at radius 3 is 2.05 bits per heavy atom. The molecule has 2 atom stereocenters. The lowest BCUT2D eigenvalue weighted by molar-refractivity contribution is -0.463. The minimum atomic E-state index is 0.428. The molecule has 0 aliphatic heterocycles. The molecule has 0 aromatic carbocycles. The third kappa shape index (κ3) is 12.5. The number of rotatable bonds is 13. The molecule has 0 heterocycles. The van der Waals surface area contributed by atoms with Crippen molar-refractivity contribution in [3.05, 3.63) is 5.21 Å². The van der Waals surface area contributed by atoms with Crippen molar-refractivity contribution in [3.8, 4) is 0 Å². The second-order valence-electron chi connectivity index (χ2n) is 6.53. The van der Waals surface area contributed by atoms with Gasteiger partial charge in [-0.1, -0.05) is 79.1 Å². The zero-order valence-electron chi connectivity index (χ0n) is 14.4. The summed E-state index contributed by atoms with van der Waals surface area (Å²) in [6.45, 7) is 9.44. The van der Waals surface area contributed by atoms with Crippen molar-refractivity contribution in [1.82, 2.24) is 0 Å². The highest BCUT2D eigenvalue weighted by Crippen LogP contribution is 2.12. The van der Waals surface area contributed by atoms with Gasteiger partial charge in [0.25, 0.3) is 0 Å². The number of unbranched alkanes of at least 4 members (excludes halogenated alkanes) is 6. The van der Waals surface area contributed by atoms with Crippen molar-refractivity contribution in [1.29, 1.82) is 0 Å². The summed E-state index contributed by atoms with van der Waals surface area (Å²) < 4.78 is 1.17. The molecule has 0 amide bonds. The standard InChI is InChI=1S/C18H37NO/c1-5-7-8-9-10-11-12-14-18(4)16-19(20)15-17(3)13-6-2/h16-18H,5-15H2,1-4H3/b19-16+. The van der Waals surface area contributed by atoms with E-state index in [4.69, 9.17) is 0 Å². The molecule has 0 saturated carbocycles. The van der Waals surface area contributed by atoms with Crippen LogP contribution in [0.2, 0.25) is 0 Å². The Morgan fingerprint density at radius 1 is 0.850 bits per heavy atom. The zero-order valence-corrected chi connectivity index (χ0v) is 14.4. The van der Waals surface area contributed by atoms with Crippen molar-refractivity contribution >= 4 is 6.21 Å². The van der Waals surface area contributed by atoms with Gasteiger partial charge in [0.2, 0.25) is 0 Å². The van der Waals surface area contributed by atoms with Gasteiger partial charge in [-0.3, -0.25) is 0 Å². The van der Waals surface area contributed by atoms with Gasteiger partial charge in [-0.15, -0.1) is 0 Å². The molecule has 2 heteroatoms. The van der Waals surface area contributed by atoms with E-state index in [0.29, 0.717) is 18.4 Å². The van der Waals surface area contributed by atoms with Crippen molar-refractivity contribution in [2.45, 2.75) is 91.9 Å². The van der Waals surface area contributed by atoms with Crippen LogP contribution in [-0.4, -0.2) is 17.5 Å². The summed E-state index contributed by atoms with van der Waals surface area (Å²) >= 11 is 0. The number of hydrogen-bond acceptors (Lipinski definition) is 1. The van der Waals surface area contributed by atoms with Crippen LogP contribution in [0, 0.1) is 17.0 Å². The maximum absolute atomic E-state index is 11.8. The molecule has 2 unspecified atom stereocenters. The molecule has 0 N–H and O–H groups in total. The minimum absolute atomic E-state index is 0.428. The normalized spacial score (nSPS) is 15.3. The van der Waals surface area contributed by atoms with Gasteiger partial charge in [0.1, 0.15) is 0 Å². The highest BCUT2D eigenvalue weighted by Gasteiger charge is 2.08. The van der Waals surface area contributed by atoms with E-state index in [0.717, 1.165) is 12.8 Å². The first kappa shape index (κ1) is 19.5. The van der Waals surface area contributed by atoms with Crippen LogP contribution in [0.5, 0.6) is 0 Å². The Hall–Kier alpha value is -0.530. The molecule has 0 radical (unpaired) electrons. The van der Waals surface area contributed by atoms with E-state index in [1.165, 1.54) is 56.1 Å². The van der Waals surface area contributed by atoms with Crippen molar-refractivity contribution < 1.29 is 4.74 Å². The van der Waals surface area contributed by atoms with E-state index in [2.05, 4.69) is 27.7 Å². The summed E-state index contributed by atoms with van der Waals surface area (Å²) in [7, 11) is 0. The number of nitrogens with zero attached hydrogens (tertiary/aromatic N) is 1. The molecule has 0 rings (SSSR count). The Balaban J connectivity index is 3.62. The van der Waals surface area contributed by atoms with E-state index in [1.54, 1.807) is 0 Å². The lowest BCUT2D eigenvalue weighted by Gasteiger charge is -2.12. The molecule has 0 spiro atoms. The SMILES string of the molecule is CCCCCCCCCC(C)/C=[N+](/[O-])CC(C)CCC. The summed E-state index contributed by atoms with van der Waals surface area (Å²) in [4.78, 5) is 0. The fraction of sp³-hybridized carbons (Fsp3) is 0.944. The average Bonchev–Trinajstić information content (AvgIpc) is 2.37. The van der Waals surface area contributed by atoms with E-state index < -0.39 is 0 Å². The third-order valence-electron chi connectivity index (χ3n) is 3.96. The molecular weight excluding hydrogens is 246 g/mol. The highest BCUT2D eigenvalue weighted by atomic mass is 16.5. The van der Waals surface area contributed by atoms with Gasteiger partial charge in [0.15, 0.2) is 12.8 Å². The Kier molecular flexibility index (Phi) is 13.1. The molecule has 0 aliphatic carbocycles. The number of hydroxylamine groups is 1. The molecule has 0 bridgehead atoms. The second kappa shape index (κ2) is 13.5. The monoisotopic (exact) mass is 283 g/mol. The maximum Gasteiger partial charge on any atom is 0.155 e. The van der Waals surface area contributed by atoms with Gasteiger partial charge in [-0.25, -0.2) is 4.74 Å². The lowest BCUT2D eigenvalue weighted by Crippen LogP contribution is -2.17. The topological polar surface area (TPSA) is 26.1 Å². The van der Waals surface area contributed by atoms with Crippen molar-refractivity contribution in [2.24, 2.45) is 11.8 Å². The fourth-order valence-corrected chi connectivity index (χ4v) is 2.73. The number of hydrogen-bond donors (Lipinski definition) is 0. The summed E-state index contributed by atoms with van der Waals surface area (Å²) in [6.07, 6.45) is 14.8. The fourth-order valence-electron chi connectivity index (χ4n) is 2.73. The van der Waals surface area contributed by atoms with Crippen LogP contribution in [-0.2, 0) is 0 Å². The first-order valence-corrected chi connectivity index (χ1v) is 8.88. The first-order chi connectivity index (χ1) is 9.60. The van der Waals surface area contributed by atoms with Gasteiger partial charge in [0, 0.05) is 11.8 Å². The predicted molar refractivity (Wildman–Crippen MR) is 90.4 cm³/mol. The van der Waals surface area contributed by atoms with Gasteiger partial charge in [0.05, 0.1) is 0 Å². The largest absolute Gasteiger partial charge is 0.624 e. The smallest absolute Gasteiger partial charge is 0.155 e. The van der Waals surface area contributed by atoms with E-state index >= 15 is 0 Å². The summed E-state index contributed by atoms with van der Waals surface area (Å²) in [6, 6.07) is 0. The van der Waals surface area contributed by atoms with Crippen LogP contribution < -0.4 is 0 Å². The molecule has 120 valence electrons. The van der Waals surface area contributed by atoms with Crippen molar-refractivity contribution in [3.63, 3.8) is 0 Å². The van der Waals surface area contributed by atoms with Crippen LogP contribution in [0.4, 0.5) is 0 Å². The molecule has 0 saturated heterocycles. The maximum atomic E-state index is 11.8. The van der Waals surface area contributed by atoms with Gasteiger partial charge < -0.3 is 5.21 Å². The zero-order chi connectivity index (χ0) is 15.2. The molecule has 0 aliphatic rings. The Labute approximate surface area is 127 Å². The quantitative estimate of drug-likeness (QED) is 0.138. The molecule has 0 aromatic heterocycles. The first-order valence-electron chi connectivity index (χ1n) is 8.88. The summed E-state index contributed by atoms with van der Waals surface area (Å²) in [5.41, 5.74) is 0. The predicted octanol–water partition coefficient (Wildman–Crippen LogP) is 5.78. The van der Waals surface area contributed by atoms with Crippen LogP contribution in [0.15, 0.2) is 0 Å². The summed E-state index contributed by atoms with van der Waals surface area (Å²) in [5.74, 6) is 0.941. The van der Waals surface area contributed by atoms with Crippen molar-refractivity contribution in [2.75, 3.05) is 6.54 Å². The Morgan fingerprint density at radius 2 is 1.45 bits per heavy atom. The van der Waals surface area contributed by atoms with Gasteiger partial charge in [-0.05, 0) is 12.8 Å². The van der Waals surface area contributed by atoms with Gasteiger partial charge >= 0.3 is 0 Å². The molecular formula is C18H37NO. The summed E-state index contributed by atoms with van der Waals surface area (Å²) in [5, 5.41) is 11.8. The highest BCUT2D eigenvalue weighted by molar-refractivity contribution is 5.54. The molecule has 20 heavy (non-hydrogen) atoms. The second-order valence-corrected chi connectivity index (χ2v) is 6.53. The van der Waals surface area contributed by atoms with Crippen LogP contribution in [0.1, 0.15) is 91.9 Å². The molecule has 0 fully saturated rings. The molecule has 2 nitrogen and oxygen atoms in total. The van der Waals surface area contributed by atoms with E-state index in [-0.39, 0.29) is 0 Å².